The number of hydrogen-bond acceptors (Lipinski definition) is 4. The van der Waals surface area contributed by atoms with E-state index in [9.17, 15) is 9.59 Å². The third kappa shape index (κ3) is 5.28. The van der Waals surface area contributed by atoms with Gasteiger partial charge in [-0.3, -0.25) is 14.6 Å². The molecular formula is C25H27N3O3. The Morgan fingerprint density at radius 2 is 1.81 bits per heavy atom. The second-order valence-electron chi connectivity index (χ2n) is 7.61. The number of carbonyl (C=O) groups excluding carboxylic acids is 2. The number of methoxy groups -OCH3 is 1. The highest BCUT2D eigenvalue weighted by Crippen LogP contribution is 2.30. The summed E-state index contributed by atoms with van der Waals surface area (Å²) in [6.45, 7) is 6.33. The van der Waals surface area contributed by atoms with Gasteiger partial charge in [-0.05, 0) is 59.9 Å². The van der Waals surface area contributed by atoms with Gasteiger partial charge in [-0.2, -0.15) is 0 Å². The molecular weight excluding hydrogens is 390 g/mol. The summed E-state index contributed by atoms with van der Waals surface area (Å²) < 4.78 is 5.47. The second-order valence-corrected chi connectivity index (χ2v) is 7.61. The molecule has 0 spiro atoms. The summed E-state index contributed by atoms with van der Waals surface area (Å²) in [7, 11) is 1.63. The molecule has 6 heteroatoms. The molecule has 0 saturated carbocycles. The van der Waals surface area contributed by atoms with Crippen molar-refractivity contribution in [3.05, 3.63) is 88.7 Å². The predicted octanol–water partition coefficient (Wildman–Crippen LogP) is 4.70. The van der Waals surface area contributed by atoms with Gasteiger partial charge in [-0.25, -0.2) is 0 Å². The molecule has 0 aliphatic rings. The Labute approximate surface area is 182 Å². The highest BCUT2D eigenvalue weighted by molar-refractivity contribution is 6.09. The van der Waals surface area contributed by atoms with Gasteiger partial charge in [0.15, 0.2) is 0 Å². The summed E-state index contributed by atoms with van der Waals surface area (Å²) in [5.74, 6) is 0.426. The van der Waals surface area contributed by atoms with Crippen molar-refractivity contribution in [2.75, 3.05) is 12.4 Å². The first-order valence-corrected chi connectivity index (χ1v) is 10.2. The molecule has 0 radical (unpaired) electrons. The van der Waals surface area contributed by atoms with Crippen molar-refractivity contribution in [1.82, 2.24) is 10.3 Å². The highest BCUT2D eigenvalue weighted by atomic mass is 16.5. The maximum absolute atomic E-state index is 13.1. The van der Waals surface area contributed by atoms with Crippen molar-refractivity contribution in [3.63, 3.8) is 0 Å². The molecule has 31 heavy (non-hydrogen) atoms. The number of aryl methyl sites for hydroxylation is 1. The number of carbonyl (C=O) groups is 2. The summed E-state index contributed by atoms with van der Waals surface area (Å²) in [5.41, 5.74) is 4.06. The van der Waals surface area contributed by atoms with Crippen LogP contribution in [0.5, 0.6) is 5.75 Å². The van der Waals surface area contributed by atoms with Crippen molar-refractivity contribution in [3.8, 4) is 5.75 Å². The summed E-state index contributed by atoms with van der Waals surface area (Å²) >= 11 is 0. The zero-order valence-electron chi connectivity index (χ0n) is 18.2. The average Bonchev–Trinajstić information content (AvgIpc) is 2.78. The lowest BCUT2D eigenvalue weighted by Crippen LogP contribution is -2.25. The lowest BCUT2D eigenvalue weighted by atomic mass is 9.96. The Morgan fingerprint density at radius 1 is 1.03 bits per heavy atom. The van der Waals surface area contributed by atoms with E-state index in [2.05, 4.69) is 29.5 Å². The van der Waals surface area contributed by atoms with Crippen molar-refractivity contribution in [2.45, 2.75) is 33.2 Å². The molecule has 1 aromatic heterocycles. The van der Waals surface area contributed by atoms with Crippen LogP contribution >= 0.6 is 0 Å². The monoisotopic (exact) mass is 417 g/mol. The van der Waals surface area contributed by atoms with Gasteiger partial charge in [-0.15, -0.1) is 0 Å². The maximum atomic E-state index is 13.1. The molecule has 0 aliphatic heterocycles. The van der Waals surface area contributed by atoms with Crippen molar-refractivity contribution in [2.24, 2.45) is 0 Å². The van der Waals surface area contributed by atoms with Crippen LogP contribution in [0.1, 0.15) is 57.2 Å². The van der Waals surface area contributed by atoms with E-state index in [0.29, 0.717) is 23.4 Å². The van der Waals surface area contributed by atoms with Gasteiger partial charge >= 0.3 is 0 Å². The van der Waals surface area contributed by atoms with Gasteiger partial charge in [0, 0.05) is 24.5 Å². The van der Waals surface area contributed by atoms with Crippen molar-refractivity contribution in [1.29, 1.82) is 0 Å². The van der Waals surface area contributed by atoms with Crippen LogP contribution in [0.25, 0.3) is 0 Å². The van der Waals surface area contributed by atoms with Gasteiger partial charge in [0.05, 0.1) is 18.4 Å². The minimum absolute atomic E-state index is 0.202. The quantitative estimate of drug-likeness (QED) is 0.584. The van der Waals surface area contributed by atoms with Crippen LogP contribution in [-0.4, -0.2) is 23.9 Å². The molecule has 0 saturated heterocycles. The van der Waals surface area contributed by atoms with Crippen LogP contribution in [-0.2, 0) is 6.54 Å². The minimum atomic E-state index is -0.269. The molecule has 0 fully saturated rings. The van der Waals surface area contributed by atoms with E-state index in [1.54, 1.807) is 43.8 Å². The SMILES string of the molecule is COc1cc(C)c(C(=O)Nc2ccccc2C(=O)NCc2cccnc2)cc1C(C)C. The number of anilines is 1. The fraction of sp³-hybridized carbons (Fsp3) is 0.240. The van der Waals surface area contributed by atoms with E-state index in [-0.39, 0.29) is 17.7 Å². The second kappa shape index (κ2) is 9.89. The van der Waals surface area contributed by atoms with Gasteiger partial charge in [-0.1, -0.05) is 32.0 Å². The Morgan fingerprint density at radius 3 is 2.48 bits per heavy atom. The lowest BCUT2D eigenvalue weighted by Gasteiger charge is -2.17. The zero-order chi connectivity index (χ0) is 22.4. The Bertz CT molecular complexity index is 1080. The van der Waals surface area contributed by atoms with Gasteiger partial charge in [0.1, 0.15) is 5.75 Å². The van der Waals surface area contributed by atoms with Crippen LogP contribution < -0.4 is 15.4 Å². The molecule has 160 valence electrons. The molecule has 0 bridgehead atoms. The Kier molecular flexibility index (Phi) is 7.03. The van der Waals surface area contributed by atoms with Crippen molar-refractivity contribution < 1.29 is 14.3 Å². The van der Waals surface area contributed by atoms with Crippen LogP contribution in [0.2, 0.25) is 0 Å². The first-order valence-electron chi connectivity index (χ1n) is 10.2. The summed E-state index contributed by atoms with van der Waals surface area (Å²) in [5, 5.41) is 5.77. The molecule has 2 amide bonds. The number of amides is 2. The Hall–Kier alpha value is -3.67. The lowest BCUT2D eigenvalue weighted by molar-refractivity contribution is 0.0951. The van der Waals surface area contributed by atoms with E-state index in [1.165, 1.54) is 0 Å². The number of pyridine rings is 1. The van der Waals surface area contributed by atoms with Crippen molar-refractivity contribution >= 4 is 17.5 Å². The van der Waals surface area contributed by atoms with E-state index in [0.717, 1.165) is 22.4 Å². The fourth-order valence-corrected chi connectivity index (χ4v) is 3.33. The van der Waals surface area contributed by atoms with E-state index in [4.69, 9.17) is 4.74 Å². The van der Waals surface area contributed by atoms with Crippen LogP contribution in [0.15, 0.2) is 60.9 Å². The van der Waals surface area contributed by atoms with E-state index < -0.39 is 0 Å². The molecule has 0 unspecified atom stereocenters. The topological polar surface area (TPSA) is 80.3 Å². The standard InChI is InChI=1S/C25H27N3O3/c1-16(2)20-13-21(17(3)12-23(20)31-4)25(30)28-22-10-6-5-9-19(22)24(29)27-15-18-8-7-11-26-14-18/h5-14,16H,15H2,1-4H3,(H,27,29)(H,28,30). The highest BCUT2D eigenvalue weighted by Gasteiger charge is 2.18. The molecule has 2 N–H and O–H groups in total. The van der Waals surface area contributed by atoms with E-state index in [1.807, 2.05) is 31.2 Å². The van der Waals surface area contributed by atoms with Gasteiger partial charge in [0.25, 0.3) is 11.8 Å². The fourth-order valence-electron chi connectivity index (χ4n) is 3.33. The number of nitrogens with one attached hydrogen (secondary N) is 2. The smallest absolute Gasteiger partial charge is 0.255 e. The number of ether oxygens (including phenoxy) is 1. The third-order valence-electron chi connectivity index (χ3n) is 5.04. The average molecular weight is 418 g/mol. The molecule has 6 nitrogen and oxygen atoms in total. The molecule has 0 aliphatic carbocycles. The molecule has 2 aromatic carbocycles. The zero-order valence-corrected chi connectivity index (χ0v) is 18.2. The van der Waals surface area contributed by atoms with Gasteiger partial charge < -0.3 is 15.4 Å². The van der Waals surface area contributed by atoms with Crippen LogP contribution in [0.4, 0.5) is 5.69 Å². The number of rotatable bonds is 7. The van der Waals surface area contributed by atoms with Crippen LogP contribution in [0, 0.1) is 6.92 Å². The minimum Gasteiger partial charge on any atom is -0.496 e. The normalized spacial score (nSPS) is 10.6. The summed E-state index contributed by atoms with van der Waals surface area (Å²) in [6, 6.07) is 14.4. The largest absolute Gasteiger partial charge is 0.496 e. The Balaban J connectivity index is 1.81. The first kappa shape index (κ1) is 22.0. The molecule has 3 rings (SSSR count). The number of aromatic nitrogens is 1. The molecule has 3 aromatic rings. The summed E-state index contributed by atoms with van der Waals surface area (Å²) in [4.78, 5) is 29.9. The number of benzene rings is 2. The van der Waals surface area contributed by atoms with Gasteiger partial charge in [0.2, 0.25) is 0 Å². The molecule has 0 atom stereocenters. The number of nitrogens with zero attached hydrogens (tertiary/aromatic N) is 1. The first-order chi connectivity index (χ1) is 14.9. The predicted molar refractivity (Wildman–Crippen MR) is 122 cm³/mol. The maximum Gasteiger partial charge on any atom is 0.255 e. The third-order valence-corrected chi connectivity index (χ3v) is 5.04. The summed E-state index contributed by atoms with van der Waals surface area (Å²) in [6.07, 6.45) is 3.38. The van der Waals surface area contributed by atoms with Crippen LogP contribution in [0.3, 0.4) is 0 Å². The number of para-hydroxylation sites is 1. The number of hydrogen-bond donors (Lipinski definition) is 2. The molecule has 1 heterocycles. The van der Waals surface area contributed by atoms with E-state index >= 15 is 0 Å².